The predicted octanol–water partition coefficient (Wildman–Crippen LogP) is 3.73. The molecule has 1 saturated carbocycles. The molecule has 8 heteroatoms. The lowest BCUT2D eigenvalue weighted by Gasteiger charge is -2.30. The van der Waals surface area contributed by atoms with E-state index in [0.717, 1.165) is 43.8 Å². The molecule has 1 aliphatic carbocycles. The molecule has 30 heavy (non-hydrogen) atoms. The number of benzene rings is 1. The lowest BCUT2D eigenvalue weighted by atomic mass is 9.85. The first-order valence-electron chi connectivity index (χ1n) is 10.5. The third-order valence-electron chi connectivity index (χ3n) is 4.99. The summed E-state index contributed by atoms with van der Waals surface area (Å²) in [6.45, 7) is 7.42. The van der Waals surface area contributed by atoms with E-state index in [1.807, 2.05) is 20.8 Å². The molecule has 3 N–H and O–H groups in total. The molecule has 2 unspecified atom stereocenters. The summed E-state index contributed by atoms with van der Waals surface area (Å²) in [7, 11) is 1.55. The van der Waals surface area contributed by atoms with Crippen molar-refractivity contribution in [3.05, 3.63) is 35.1 Å². The van der Waals surface area contributed by atoms with E-state index in [1.54, 1.807) is 19.2 Å². The number of carbonyl (C=O) groups is 1. The second-order valence-corrected chi connectivity index (χ2v) is 7.92. The van der Waals surface area contributed by atoms with Crippen LogP contribution in [0.3, 0.4) is 0 Å². The maximum Gasteiger partial charge on any atom is 0.223 e. The molecule has 0 radical (unpaired) electrons. The van der Waals surface area contributed by atoms with Gasteiger partial charge in [0.25, 0.3) is 0 Å². The van der Waals surface area contributed by atoms with Gasteiger partial charge in [-0.15, -0.1) is 24.0 Å². The van der Waals surface area contributed by atoms with Crippen LogP contribution in [-0.2, 0) is 22.7 Å². The van der Waals surface area contributed by atoms with E-state index in [-0.39, 0.29) is 60.3 Å². The van der Waals surface area contributed by atoms with Crippen molar-refractivity contribution >= 4 is 35.8 Å². The number of guanidine groups is 1. The van der Waals surface area contributed by atoms with Crippen molar-refractivity contribution in [1.29, 1.82) is 0 Å². The molecule has 1 amide bonds. The van der Waals surface area contributed by atoms with Crippen molar-refractivity contribution in [2.45, 2.75) is 71.7 Å². The molecule has 2 rings (SSSR count). The number of rotatable bonds is 8. The molecule has 0 heterocycles. The Morgan fingerprint density at radius 3 is 2.77 bits per heavy atom. The lowest BCUT2D eigenvalue weighted by Crippen LogP contribution is -2.47. The minimum Gasteiger partial charge on any atom is -0.380 e. The Morgan fingerprint density at radius 1 is 1.33 bits per heavy atom. The van der Waals surface area contributed by atoms with Gasteiger partial charge in [0, 0.05) is 37.2 Å². The van der Waals surface area contributed by atoms with Gasteiger partial charge in [-0.1, -0.05) is 12.5 Å². The first-order chi connectivity index (χ1) is 13.9. The highest BCUT2D eigenvalue weighted by atomic mass is 127. The summed E-state index contributed by atoms with van der Waals surface area (Å²) in [5, 5.41) is 9.77. The van der Waals surface area contributed by atoms with Gasteiger partial charge >= 0.3 is 0 Å². The molecule has 0 spiro atoms. The molecule has 1 fully saturated rings. The van der Waals surface area contributed by atoms with Gasteiger partial charge < -0.3 is 20.7 Å². The Labute approximate surface area is 196 Å². The Bertz CT molecular complexity index is 700. The highest BCUT2D eigenvalue weighted by Gasteiger charge is 2.28. The van der Waals surface area contributed by atoms with E-state index in [1.165, 1.54) is 6.07 Å². The van der Waals surface area contributed by atoms with Gasteiger partial charge in [0.05, 0.1) is 13.2 Å². The Kier molecular flexibility index (Phi) is 12.2. The number of ether oxygens (including phenoxy) is 1. The van der Waals surface area contributed by atoms with Crippen LogP contribution in [0, 0.1) is 11.7 Å². The largest absolute Gasteiger partial charge is 0.380 e. The van der Waals surface area contributed by atoms with Crippen LogP contribution in [0.25, 0.3) is 0 Å². The van der Waals surface area contributed by atoms with Crippen LogP contribution < -0.4 is 16.0 Å². The van der Waals surface area contributed by atoms with Gasteiger partial charge in [0.1, 0.15) is 5.82 Å². The molecule has 6 nitrogen and oxygen atoms in total. The monoisotopic (exact) mass is 534 g/mol. The zero-order valence-electron chi connectivity index (χ0n) is 18.5. The highest BCUT2D eigenvalue weighted by molar-refractivity contribution is 14.0. The van der Waals surface area contributed by atoms with Gasteiger partial charge in [-0.2, -0.15) is 0 Å². The molecule has 2 atom stereocenters. The maximum atomic E-state index is 13.8. The lowest BCUT2D eigenvalue weighted by molar-refractivity contribution is -0.126. The normalized spacial score (nSPS) is 19.2. The van der Waals surface area contributed by atoms with Crippen LogP contribution in [0.5, 0.6) is 0 Å². The zero-order chi connectivity index (χ0) is 21.2. The van der Waals surface area contributed by atoms with E-state index in [9.17, 15) is 9.18 Å². The predicted molar refractivity (Wildman–Crippen MR) is 130 cm³/mol. The van der Waals surface area contributed by atoms with E-state index in [2.05, 4.69) is 20.9 Å². The molecular formula is C22H36FIN4O2. The minimum absolute atomic E-state index is 0. The summed E-state index contributed by atoms with van der Waals surface area (Å²) in [6, 6.07) is 5.36. The summed E-state index contributed by atoms with van der Waals surface area (Å²) >= 11 is 0. The fourth-order valence-electron chi connectivity index (χ4n) is 3.64. The van der Waals surface area contributed by atoms with Crippen LogP contribution in [-0.4, -0.2) is 37.6 Å². The molecular weight excluding hydrogens is 498 g/mol. The van der Waals surface area contributed by atoms with E-state index >= 15 is 0 Å². The number of methoxy groups -OCH3 is 1. The SMILES string of the molecule is CCNC(=NCc1ccc(F)c(COC)c1)NC1CCCC(C(=O)NC(C)C)C1.I. The standard InChI is InChI=1S/C22H35FN4O2.HI/c1-5-24-22(25-13-16-9-10-20(23)18(11-16)14-29-4)27-19-8-6-7-17(12-19)21(28)26-15(2)3;/h9-11,15,17,19H,5-8,12-14H2,1-4H3,(H,26,28)(H2,24,25,27);1H. The topological polar surface area (TPSA) is 74.8 Å². The number of hydrogen-bond acceptors (Lipinski definition) is 3. The van der Waals surface area contributed by atoms with E-state index < -0.39 is 0 Å². The summed E-state index contributed by atoms with van der Waals surface area (Å²) in [5.41, 5.74) is 1.46. The van der Waals surface area contributed by atoms with E-state index in [4.69, 9.17) is 4.74 Å². The molecule has 0 aromatic heterocycles. The van der Waals surface area contributed by atoms with Gasteiger partial charge in [0.15, 0.2) is 5.96 Å². The number of aliphatic imine (C=N–C) groups is 1. The average molecular weight is 534 g/mol. The van der Waals surface area contributed by atoms with Gasteiger partial charge in [0.2, 0.25) is 5.91 Å². The quantitative estimate of drug-likeness (QED) is 0.270. The number of hydrogen-bond donors (Lipinski definition) is 3. The molecule has 170 valence electrons. The summed E-state index contributed by atoms with van der Waals surface area (Å²) in [6.07, 6.45) is 3.77. The van der Waals surface area contributed by atoms with Crippen molar-refractivity contribution in [3.8, 4) is 0 Å². The number of carbonyl (C=O) groups excluding carboxylic acids is 1. The molecule has 0 saturated heterocycles. The number of nitrogens with zero attached hydrogens (tertiary/aromatic N) is 1. The van der Waals surface area contributed by atoms with Crippen LogP contribution in [0.2, 0.25) is 0 Å². The highest BCUT2D eigenvalue weighted by Crippen LogP contribution is 2.24. The number of amides is 1. The Morgan fingerprint density at radius 2 is 2.10 bits per heavy atom. The summed E-state index contributed by atoms with van der Waals surface area (Å²) in [4.78, 5) is 17.0. The van der Waals surface area contributed by atoms with Gasteiger partial charge in [-0.25, -0.2) is 9.38 Å². The van der Waals surface area contributed by atoms with Crippen molar-refractivity contribution in [3.63, 3.8) is 0 Å². The molecule has 1 aliphatic rings. The average Bonchev–Trinajstić information content (AvgIpc) is 2.68. The Hall–Kier alpha value is -1.42. The van der Waals surface area contributed by atoms with Gasteiger partial charge in [-0.3, -0.25) is 4.79 Å². The van der Waals surface area contributed by atoms with E-state index in [0.29, 0.717) is 12.1 Å². The third kappa shape index (κ3) is 8.75. The van der Waals surface area contributed by atoms with Gasteiger partial charge in [-0.05, 0) is 57.7 Å². The van der Waals surface area contributed by atoms with Crippen molar-refractivity contribution in [2.75, 3.05) is 13.7 Å². The van der Waals surface area contributed by atoms with Crippen LogP contribution >= 0.6 is 24.0 Å². The smallest absolute Gasteiger partial charge is 0.223 e. The molecule has 1 aromatic rings. The Balaban J connectivity index is 0.00000450. The zero-order valence-corrected chi connectivity index (χ0v) is 20.8. The summed E-state index contributed by atoms with van der Waals surface area (Å²) in [5.74, 6) is 0.642. The van der Waals surface area contributed by atoms with Crippen LogP contribution in [0.4, 0.5) is 4.39 Å². The fourth-order valence-corrected chi connectivity index (χ4v) is 3.64. The van der Waals surface area contributed by atoms with Crippen molar-refractivity contribution < 1.29 is 13.9 Å². The maximum absolute atomic E-state index is 13.8. The first kappa shape index (κ1) is 26.6. The fraction of sp³-hybridized carbons (Fsp3) is 0.636. The number of nitrogens with one attached hydrogen (secondary N) is 3. The molecule has 1 aromatic carbocycles. The second kappa shape index (κ2) is 13.8. The minimum atomic E-state index is -0.266. The van der Waals surface area contributed by atoms with Crippen LogP contribution in [0.15, 0.2) is 23.2 Å². The number of halogens is 2. The van der Waals surface area contributed by atoms with Crippen molar-refractivity contribution in [1.82, 2.24) is 16.0 Å². The molecule has 0 bridgehead atoms. The first-order valence-corrected chi connectivity index (χ1v) is 10.5. The van der Waals surface area contributed by atoms with Crippen LogP contribution in [0.1, 0.15) is 57.6 Å². The second-order valence-electron chi connectivity index (χ2n) is 7.92. The third-order valence-corrected chi connectivity index (χ3v) is 4.99. The molecule has 0 aliphatic heterocycles. The van der Waals surface area contributed by atoms with Crippen molar-refractivity contribution in [2.24, 2.45) is 10.9 Å². The summed E-state index contributed by atoms with van der Waals surface area (Å²) < 4.78 is 18.8.